The Morgan fingerprint density at radius 3 is 2.48 bits per heavy atom. The molecule has 0 aliphatic carbocycles. The zero-order chi connectivity index (χ0) is 19.6. The van der Waals surface area contributed by atoms with Crippen LogP contribution >= 0.6 is 0 Å². The lowest BCUT2D eigenvalue weighted by Crippen LogP contribution is -2.39. The number of anilines is 1. The smallest absolute Gasteiger partial charge is 0.242 e. The van der Waals surface area contributed by atoms with Gasteiger partial charge in [0.2, 0.25) is 15.9 Å². The molecule has 0 spiro atoms. The monoisotopic (exact) mass is 386 g/mol. The highest BCUT2D eigenvalue weighted by Gasteiger charge is 2.30. The zero-order valence-electron chi connectivity index (χ0n) is 16.1. The molecule has 144 valence electrons. The molecular weight excluding hydrogens is 360 g/mol. The van der Waals surface area contributed by atoms with Gasteiger partial charge in [-0.3, -0.25) is 4.79 Å². The normalized spacial score (nSPS) is 15.5. The van der Waals surface area contributed by atoms with Crippen molar-refractivity contribution in [3.05, 3.63) is 59.7 Å². The Labute approximate surface area is 161 Å². The highest BCUT2D eigenvalue weighted by molar-refractivity contribution is 7.89. The van der Waals surface area contributed by atoms with Crippen LogP contribution in [-0.2, 0) is 21.2 Å². The lowest BCUT2D eigenvalue weighted by molar-refractivity contribution is -0.120. The van der Waals surface area contributed by atoms with Crippen LogP contribution in [0.5, 0.6) is 0 Å². The third-order valence-corrected chi connectivity index (χ3v) is 6.93. The summed E-state index contributed by atoms with van der Waals surface area (Å²) in [6, 6.07) is 14.9. The minimum Gasteiger partial charge on any atom is -0.312 e. The van der Waals surface area contributed by atoms with Crippen molar-refractivity contribution in [2.45, 2.75) is 37.0 Å². The second-order valence-electron chi connectivity index (χ2n) is 7.04. The number of hydrogen-bond acceptors (Lipinski definition) is 3. The van der Waals surface area contributed by atoms with Crippen LogP contribution < -0.4 is 4.90 Å². The predicted octanol–water partition coefficient (Wildman–Crippen LogP) is 3.41. The summed E-state index contributed by atoms with van der Waals surface area (Å²) in [7, 11) is -0.434. The molecule has 1 heterocycles. The van der Waals surface area contributed by atoms with Gasteiger partial charge in [-0.2, -0.15) is 0 Å². The van der Waals surface area contributed by atoms with Gasteiger partial charge in [-0.25, -0.2) is 12.7 Å². The summed E-state index contributed by atoms with van der Waals surface area (Å²) in [5.74, 6) is -0.116. The van der Waals surface area contributed by atoms with Gasteiger partial charge in [-0.15, -0.1) is 0 Å². The first-order valence-corrected chi connectivity index (χ1v) is 10.7. The first-order valence-electron chi connectivity index (χ1n) is 9.28. The van der Waals surface area contributed by atoms with Crippen molar-refractivity contribution in [1.82, 2.24) is 4.31 Å². The van der Waals surface area contributed by atoms with E-state index < -0.39 is 10.0 Å². The van der Waals surface area contributed by atoms with Gasteiger partial charge in [-0.05, 0) is 48.6 Å². The molecule has 0 saturated carbocycles. The number of carbonyl (C=O) groups excluding carboxylic acids is 1. The summed E-state index contributed by atoms with van der Waals surface area (Å²) in [5, 5.41) is 0. The molecule has 3 rings (SSSR count). The maximum absolute atomic E-state index is 13.3. The Bertz CT molecular complexity index is 924. The molecule has 0 radical (unpaired) electrons. The molecule has 1 unspecified atom stereocenters. The Morgan fingerprint density at radius 2 is 1.85 bits per heavy atom. The van der Waals surface area contributed by atoms with Crippen molar-refractivity contribution in [2.75, 3.05) is 25.5 Å². The van der Waals surface area contributed by atoms with E-state index in [-0.39, 0.29) is 16.7 Å². The van der Waals surface area contributed by atoms with E-state index in [2.05, 4.69) is 0 Å². The van der Waals surface area contributed by atoms with Gasteiger partial charge in [-0.1, -0.05) is 37.3 Å². The van der Waals surface area contributed by atoms with Gasteiger partial charge in [0.15, 0.2) is 0 Å². The Morgan fingerprint density at radius 1 is 1.15 bits per heavy atom. The summed E-state index contributed by atoms with van der Waals surface area (Å²) in [4.78, 5) is 15.4. The van der Waals surface area contributed by atoms with Crippen LogP contribution in [0.1, 0.15) is 36.8 Å². The zero-order valence-corrected chi connectivity index (χ0v) is 16.9. The predicted molar refractivity (Wildman–Crippen MR) is 107 cm³/mol. The van der Waals surface area contributed by atoms with Crippen molar-refractivity contribution in [1.29, 1.82) is 0 Å². The number of rotatable bonds is 5. The molecule has 0 N–H and O–H groups in total. The number of nitrogens with zero attached hydrogens (tertiary/aromatic N) is 2. The average Bonchev–Trinajstić information content (AvgIpc) is 2.68. The van der Waals surface area contributed by atoms with Gasteiger partial charge in [0.1, 0.15) is 0 Å². The number of sulfonamides is 1. The largest absolute Gasteiger partial charge is 0.312 e. The number of amides is 1. The third-order valence-electron chi connectivity index (χ3n) is 5.12. The lowest BCUT2D eigenvalue weighted by atomic mass is 9.93. The number of fused-ring (bicyclic) bond motifs is 1. The van der Waals surface area contributed by atoms with E-state index in [4.69, 9.17) is 0 Å². The molecule has 5 nitrogen and oxygen atoms in total. The fourth-order valence-electron chi connectivity index (χ4n) is 3.60. The molecule has 1 atom stereocenters. The summed E-state index contributed by atoms with van der Waals surface area (Å²) < 4.78 is 26.0. The molecule has 2 aromatic rings. The van der Waals surface area contributed by atoms with Crippen LogP contribution in [0, 0.1) is 0 Å². The molecule has 1 aliphatic heterocycles. The van der Waals surface area contributed by atoms with Gasteiger partial charge < -0.3 is 4.90 Å². The maximum atomic E-state index is 13.3. The Balaban J connectivity index is 1.96. The Kier molecular flexibility index (Phi) is 5.67. The molecule has 0 aromatic heterocycles. The van der Waals surface area contributed by atoms with E-state index >= 15 is 0 Å². The number of hydrogen-bond donors (Lipinski definition) is 0. The fourth-order valence-corrected chi connectivity index (χ4v) is 4.55. The van der Waals surface area contributed by atoms with Gasteiger partial charge >= 0.3 is 0 Å². The second kappa shape index (κ2) is 7.82. The average molecular weight is 387 g/mol. The van der Waals surface area contributed by atoms with Crippen LogP contribution in [0.4, 0.5) is 5.69 Å². The number of benzene rings is 2. The topological polar surface area (TPSA) is 57.7 Å². The van der Waals surface area contributed by atoms with Crippen LogP contribution in [0.15, 0.2) is 53.4 Å². The van der Waals surface area contributed by atoms with Crippen molar-refractivity contribution in [3.8, 4) is 0 Å². The minimum absolute atomic E-state index is 0.0767. The van der Waals surface area contributed by atoms with Crippen LogP contribution in [0.2, 0.25) is 0 Å². The Hall–Kier alpha value is -2.18. The lowest BCUT2D eigenvalue weighted by Gasteiger charge is -2.32. The third kappa shape index (κ3) is 3.77. The molecule has 0 fully saturated rings. The second-order valence-corrected chi connectivity index (χ2v) is 9.19. The summed E-state index contributed by atoms with van der Waals surface area (Å²) in [5.41, 5.74) is 2.77. The van der Waals surface area contributed by atoms with E-state index in [1.165, 1.54) is 18.4 Å². The summed E-state index contributed by atoms with van der Waals surface area (Å²) in [6.45, 7) is 2.68. The quantitative estimate of drug-likeness (QED) is 0.791. The van der Waals surface area contributed by atoms with Gasteiger partial charge in [0.25, 0.3) is 0 Å². The van der Waals surface area contributed by atoms with Crippen molar-refractivity contribution in [2.24, 2.45) is 0 Å². The van der Waals surface area contributed by atoms with E-state index in [9.17, 15) is 13.2 Å². The van der Waals surface area contributed by atoms with Gasteiger partial charge in [0, 0.05) is 26.3 Å². The van der Waals surface area contributed by atoms with Crippen molar-refractivity contribution in [3.63, 3.8) is 0 Å². The highest BCUT2D eigenvalue weighted by Crippen LogP contribution is 2.33. The molecule has 6 heteroatoms. The number of carbonyl (C=O) groups is 1. The molecule has 1 amide bonds. The minimum atomic E-state index is -3.48. The van der Waals surface area contributed by atoms with Crippen LogP contribution in [0.3, 0.4) is 0 Å². The van der Waals surface area contributed by atoms with E-state index in [0.29, 0.717) is 6.54 Å². The molecule has 0 bridgehead atoms. The van der Waals surface area contributed by atoms with Gasteiger partial charge in [0.05, 0.1) is 10.8 Å². The van der Waals surface area contributed by atoms with E-state index in [0.717, 1.165) is 36.1 Å². The maximum Gasteiger partial charge on any atom is 0.242 e. The van der Waals surface area contributed by atoms with E-state index in [1.807, 2.05) is 42.2 Å². The molecule has 2 aromatic carbocycles. The van der Waals surface area contributed by atoms with Crippen molar-refractivity contribution < 1.29 is 13.2 Å². The molecule has 0 saturated heterocycles. The van der Waals surface area contributed by atoms with Crippen molar-refractivity contribution >= 4 is 21.6 Å². The van der Waals surface area contributed by atoms with E-state index in [1.54, 1.807) is 18.2 Å². The first-order chi connectivity index (χ1) is 12.9. The van der Waals surface area contributed by atoms with Crippen LogP contribution in [-0.4, -0.2) is 39.3 Å². The molecule has 1 aliphatic rings. The summed E-state index contributed by atoms with van der Waals surface area (Å²) >= 11 is 0. The number of aryl methyl sites for hydroxylation is 1. The standard InChI is InChI=1S/C21H26N2O3S/c1-4-19(16-9-6-5-7-10-16)21(24)23-14-8-11-17-15-18(12-13-20(17)23)27(25,26)22(2)3/h5-7,9-10,12-13,15,19H,4,8,11,14H2,1-3H3. The SMILES string of the molecule is CCC(C(=O)N1CCCc2cc(S(=O)(=O)N(C)C)ccc21)c1ccccc1. The molecule has 27 heavy (non-hydrogen) atoms. The highest BCUT2D eigenvalue weighted by atomic mass is 32.2. The summed E-state index contributed by atoms with van der Waals surface area (Å²) in [6.07, 6.45) is 2.33. The van der Waals surface area contributed by atoms with Crippen LogP contribution in [0.25, 0.3) is 0 Å². The fraction of sp³-hybridized carbons (Fsp3) is 0.381. The molecular formula is C21H26N2O3S. The first kappa shape index (κ1) is 19.6.